The Hall–Kier alpha value is -2.68. The van der Waals surface area contributed by atoms with Crippen LogP contribution in [0.2, 0.25) is 0 Å². The van der Waals surface area contributed by atoms with E-state index in [-0.39, 0.29) is 11.8 Å². The van der Waals surface area contributed by atoms with Crippen molar-refractivity contribution in [2.45, 2.75) is 39.8 Å². The Balaban J connectivity index is 1.38. The molecule has 0 spiro atoms. The van der Waals surface area contributed by atoms with Gasteiger partial charge in [0.25, 0.3) is 5.91 Å². The molecule has 1 saturated heterocycles. The first-order valence-electron chi connectivity index (χ1n) is 9.75. The van der Waals surface area contributed by atoms with Crippen molar-refractivity contribution in [3.63, 3.8) is 0 Å². The summed E-state index contributed by atoms with van der Waals surface area (Å²) in [6.07, 6.45) is 1.05. The van der Waals surface area contributed by atoms with Crippen LogP contribution in [0.25, 0.3) is 0 Å². The van der Waals surface area contributed by atoms with E-state index in [1.54, 1.807) is 4.90 Å². The van der Waals surface area contributed by atoms with Gasteiger partial charge in [-0.15, -0.1) is 0 Å². The van der Waals surface area contributed by atoms with Crippen molar-refractivity contribution in [2.75, 3.05) is 32.8 Å². The third kappa shape index (κ3) is 3.66. The number of hydrogen-bond acceptors (Lipinski definition) is 5. The minimum Gasteiger partial charge on any atom is -0.378 e. The summed E-state index contributed by atoms with van der Waals surface area (Å²) in [7, 11) is 0. The number of aromatic nitrogens is 4. The summed E-state index contributed by atoms with van der Waals surface area (Å²) >= 11 is 0. The smallest absolute Gasteiger partial charge is 0.274 e. The van der Waals surface area contributed by atoms with Crippen LogP contribution in [-0.4, -0.2) is 74.4 Å². The van der Waals surface area contributed by atoms with Crippen LogP contribution in [0.1, 0.15) is 39.6 Å². The largest absolute Gasteiger partial charge is 0.378 e. The second kappa shape index (κ2) is 7.75. The zero-order valence-electron chi connectivity index (χ0n) is 16.4. The number of nitrogens with one attached hydrogen (secondary N) is 1. The zero-order valence-corrected chi connectivity index (χ0v) is 16.4. The lowest BCUT2D eigenvalue weighted by Crippen LogP contribution is -2.41. The molecule has 4 rings (SSSR count). The number of morpholine rings is 1. The Bertz CT molecular complexity index is 880. The lowest BCUT2D eigenvalue weighted by Gasteiger charge is -2.28. The number of aromatic amines is 1. The average Bonchev–Trinajstić information content (AvgIpc) is 3.27. The van der Waals surface area contributed by atoms with E-state index in [0.29, 0.717) is 64.5 Å². The molecule has 9 nitrogen and oxygen atoms in total. The number of rotatable bonds is 4. The van der Waals surface area contributed by atoms with Crippen molar-refractivity contribution in [3.8, 4) is 0 Å². The van der Waals surface area contributed by atoms with Gasteiger partial charge in [-0.05, 0) is 26.3 Å². The lowest BCUT2D eigenvalue weighted by atomic mass is 10.0. The van der Waals surface area contributed by atoms with Gasteiger partial charge in [-0.25, -0.2) is 0 Å². The minimum absolute atomic E-state index is 0.0508. The molecule has 2 aliphatic rings. The molecule has 0 saturated carbocycles. The molecule has 2 aromatic heterocycles. The monoisotopic (exact) mass is 386 g/mol. The van der Waals surface area contributed by atoms with Crippen LogP contribution in [-0.2, 0) is 29.0 Å². The van der Waals surface area contributed by atoms with Crippen molar-refractivity contribution in [1.29, 1.82) is 0 Å². The highest BCUT2D eigenvalue weighted by Gasteiger charge is 2.30. The molecule has 28 heavy (non-hydrogen) atoms. The van der Waals surface area contributed by atoms with Gasteiger partial charge in [0.05, 0.1) is 31.1 Å². The molecule has 0 aliphatic carbocycles. The van der Waals surface area contributed by atoms with Gasteiger partial charge >= 0.3 is 0 Å². The van der Waals surface area contributed by atoms with Crippen molar-refractivity contribution >= 4 is 11.8 Å². The second-order valence-electron chi connectivity index (χ2n) is 7.40. The first-order valence-corrected chi connectivity index (χ1v) is 9.75. The summed E-state index contributed by atoms with van der Waals surface area (Å²) in [5.74, 6) is 0.0407. The predicted octanol–water partition coefficient (Wildman–Crippen LogP) is 0.670. The van der Waals surface area contributed by atoms with Crippen molar-refractivity contribution in [1.82, 2.24) is 29.8 Å². The summed E-state index contributed by atoms with van der Waals surface area (Å²) in [6, 6.07) is 2.01. The summed E-state index contributed by atoms with van der Waals surface area (Å²) in [5, 5.41) is 11.7. The van der Waals surface area contributed by atoms with E-state index in [4.69, 9.17) is 4.74 Å². The van der Waals surface area contributed by atoms with Crippen LogP contribution in [0.15, 0.2) is 6.07 Å². The van der Waals surface area contributed by atoms with Crippen LogP contribution >= 0.6 is 0 Å². The Kier molecular flexibility index (Phi) is 5.17. The van der Waals surface area contributed by atoms with Gasteiger partial charge in [0, 0.05) is 43.9 Å². The highest BCUT2D eigenvalue weighted by Crippen LogP contribution is 2.22. The van der Waals surface area contributed by atoms with E-state index in [0.717, 1.165) is 22.6 Å². The molecule has 2 aliphatic heterocycles. The maximum Gasteiger partial charge on any atom is 0.274 e. The van der Waals surface area contributed by atoms with Crippen LogP contribution in [0.3, 0.4) is 0 Å². The number of ether oxygens (including phenoxy) is 1. The van der Waals surface area contributed by atoms with Gasteiger partial charge < -0.3 is 14.5 Å². The number of hydrogen-bond donors (Lipinski definition) is 1. The fourth-order valence-electron chi connectivity index (χ4n) is 3.88. The summed E-state index contributed by atoms with van der Waals surface area (Å²) in [4.78, 5) is 29.0. The standard InChI is InChI=1S/C19H26N6O3/c1-13-11-14(2)25(22-13)6-4-17(26)24-5-3-15-16(12-24)20-21-18(15)19(27)23-7-9-28-10-8-23/h11H,3-10,12H2,1-2H3,(H,20,21). The van der Waals surface area contributed by atoms with Crippen molar-refractivity contribution < 1.29 is 14.3 Å². The number of carbonyl (C=O) groups excluding carboxylic acids is 2. The topological polar surface area (TPSA) is 96.4 Å². The molecule has 0 unspecified atom stereocenters. The SMILES string of the molecule is Cc1cc(C)n(CCC(=O)N2CCc3c(C(=O)N4CCOCC4)n[nH]c3C2)n1. The first-order chi connectivity index (χ1) is 13.5. The summed E-state index contributed by atoms with van der Waals surface area (Å²) < 4.78 is 7.18. The van der Waals surface area contributed by atoms with Crippen molar-refractivity contribution in [2.24, 2.45) is 0 Å². The molecule has 150 valence electrons. The number of aryl methyl sites for hydroxylation is 3. The maximum absolute atomic E-state index is 12.7. The summed E-state index contributed by atoms with van der Waals surface area (Å²) in [6.45, 7) is 7.91. The van der Waals surface area contributed by atoms with Crippen LogP contribution < -0.4 is 0 Å². The zero-order chi connectivity index (χ0) is 19.7. The molecule has 9 heteroatoms. The molecule has 1 fully saturated rings. The van der Waals surface area contributed by atoms with Crippen LogP contribution in [0.5, 0.6) is 0 Å². The molecule has 0 radical (unpaired) electrons. The summed E-state index contributed by atoms with van der Waals surface area (Å²) in [5.41, 5.74) is 4.32. The predicted molar refractivity (Wildman–Crippen MR) is 101 cm³/mol. The van der Waals surface area contributed by atoms with Crippen LogP contribution in [0, 0.1) is 13.8 Å². The molecular weight excluding hydrogens is 360 g/mol. The molecule has 0 bridgehead atoms. The fraction of sp³-hybridized carbons (Fsp3) is 0.579. The first kappa shape index (κ1) is 18.7. The minimum atomic E-state index is -0.0508. The fourth-order valence-corrected chi connectivity index (χ4v) is 3.88. The Morgan fingerprint density at radius 3 is 2.68 bits per heavy atom. The third-order valence-corrected chi connectivity index (χ3v) is 5.43. The van der Waals surface area contributed by atoms with Gasteiger partial charge in [-0.2, -0.15) is 10.2 Å². The number of nitrogens with zero attached hydrogens (tertiary/aromatic N) is 5. The average molecular weight is 386 g/mol. The molecule has 1 N–H and O–H groups in total. The number of fused-ring (bicyclic) bond motifs is 1. The van der Waals surface area contributed by atoms with Crippen molar-refractivity contribution in [3.05, 3.63) is 34.4 Å². The number of carbonyl (C=O) groups is 2. The maximum atomic E-state index is 12.7. The molecule has 2 aromatic rings. The Morgan fingerprint density at radius 2 is 1.96 bits per heavy atom. The molecule has 2 amide bonds. The van der Waals surface area contributed by atoms with Gasteiger partial charge in [-0.1, -0.05) is 0 Å². The Morgan fingerprint density at radius 1 is 1.18 bits per heavy atom. The molecular formula is C19H26N6O3. The van der Waals surface area contributed by atoms with E-state index in [9.17, 15) is 9.59 Å². The second-order valence-corrected chi connectivity index (χ2v) is 7.40. The van der Waals surface area contributed by atoms with E-state index in [1.807, 2.05) is 29.5 Å². The lowest BCUT2D eigenvalue weighted by molar-refractivity contribution is -0.132. The third-order valence-electron chi connectivity index (χ3n) is 5.43. The van der Waals surface area contributed by atoms with Gasteiger partial charge in [0.1, 0.15) is 0 Å². The Labute approximate surface area is 163 Å². The highest BCUT2D eigenvalue weighted by atomic mass is 16.5. The number of H-pyrrole nitrogens is 1. The van der Waals surface area contributed by atoms with E-state index in [1.165, 1.54) is 0 Å². The van der Waals surface area contributed by atoms with E-state index < -0.39 is 0 Å². The van der Waals surface area contributed by atoms with E-state index in [2.05, 4.69) is 15.3 Å². The van der Waals surface area contributed by atoms with Gasteiger partial charge in [-0.3, -0.25) is 19.4 Å². The quantitative estimate of drug-likeness (QED) is 0.833. The molecule has 0 aromatic carbocycles. The van der Waals surface area contributed by atoms with Gasteiger partial charge in [0.15, 0.2) is 5.69 Å². The van der Waals surface area contributed by atoms with E-state index >= 15 is 0 Å². The molecule has 4 heterocycles. The van der Waals surface area contributed by atoms with Crippen LogP contribution in [0.4, 0.5) is 0 Å². The highest BCUT2D eigenvalue weighted by molar-refractivity contribution is 5.94. The number of amides is 2. The normalized spacial score (nSPS) is 16.9. The van der Waals surface area contributed by atoms with Gasteiger partial charge in [0.2, 0.25) is 5.91 Å². The molecule has 0 atom stereocenters.